The molecule has 0 fully saturated rings. The molecule has 2 aromatic rings. The normalized spacial score (nSPS) is 10.1. The van der Waals surface area contributed by atoms with E-state index in [1.54, 1.807) is 6.07 Å². The Labute approximate surface area is 91.5 Å². The van der Waals surface area contributed by atoms with Crippen LogP contribution in [0.3, 0.4) is 0 Å². The van der Waals surface area contributed by atoms with Crippen molar-refractivity contribution >= 4 is 5.95 Å². The summed E-state index contributed by atoms with van der Waals surface area (Å²) in [4.78, 5) is 8.35. The maximum absolute atomic E-state index is 5.06. The van der Waals surface area contributed by atoms with Gasteiger partial charge in [-0.05, 0) is 12.1 Å². The monoisotopic (exact) mass is 221 g/mol. The maximum Gasteiger partial charge on any atom is 0.226 e. The average Bonchev–Trinajstić information content (AvgIpc) is 2.82. The van der Waals surface area contributed by atoms with Crippen LogP contribution < -0.4 is 10.1 Å². The zero-order valence-corrected chi connectivity index (χ0v) is 8.93. The van der Waals surface area contributed by atoms with Gasteiger partial charge in [0.2, 0.25) is 17.7 Å². The van der Waals surface area contributed by atoms with Crippen LogP contribution in [0.15, 0.2) is 6.07 Å². The second kappa shape index (κ2) is 4.51. The van der Waals surface area contributed by atoms with Crippen molar-refractivity contribution in [3.05, 3.63) is 6.07 Å². The quantitative estimate of drug-likeness (QED) is 0.754. The number of methoxy groups -OCH3 is 1. The summed E-state index contributed by atoms with van der Waals surface area (Å²) in [5, 5.41) is 16.5. The van der Waals surface area contributed by atoms with Gasteiger partial charge in [0.05, 0.1) is 7.11 Å². The van der Waals surface area contributed by atoms with Gasteiger partial charge < -0.3 is 10.1 Å². The highest BCUT2D eigenvalue weighted by atomic mass is 16.5. The summed E-state index contributed by atoms with van der Waals surface area (Å²) in [7, 11) is 1.54. The molecule has 0 spiro atoms. The second-order valence-corrected chi connectivity index (χ2v) is 2.88. The zero-order chi connectivity index (χ0) is 11.4. The van der Waals surface area contributed by atoms with Crippen LogP contribution in [0, 0.1) is 0 Å². The smallest absolute Gasteiger partial charge is 0.226 e. The molecule has 0 amide bonds. The third kappa shape index (κ3) is 2.05. The molecule has 2 heterocycles. The molecule has 0 aliphatic rings. The van der Waals surface area contributed by atoms with Crippen molar-refractivity contribution in [2.24, 2.45) is 0 Å². The lowest BCUT2D eigenvalue weighted by Crippen LogP contribution is -2.04. The average molecular weight is 221 g/mol. The van der Waals surface area contributed by atoms with Crippen molar-refractivity contribution in [1.82, 2.24) is 30.6 Å². The van der Waals surface area contributed by atoms with Gasteiger partial charge in [0.25, 0.3) is 0 Å². The van der Waals surface area contributed by atoms with Gasteiger partial charge in [-0.1, -0.05) is 0 Å². The predicted molar refractivity (Wildman–Crippen MR) is 55.9 cm³/mol. The van der Waals surface area contributed by atoms with Gasteiger partial charge in [0.1, 0.15) is 5.69 Å². The summed E-state index contributed by atoms with van der Waals surface area (Å²) in [5.74, 6) is 1.33. The number of ether oxygens (including phenoxy) is 1. The Kier molecular flexibility index (Phi) is 2.90. The van der Waals surface area contributed by atoms with Gasteiger partial charge in [-0.25, -0.2) is 4.98 Å². The number of rotatable bonds is 4. The number of aromatic nitrogens is 6. The first-order valence-electron chi connectivity index (χ1n) is 4.74. The topological polar surface area (TPSA) is 102 Å². The van der Waals surface area contributed by atoms with Gasteiger partial charge in [-0.15, -0.1) is 10.2 Å². The van der Waals surface area contributed by atoms with Crippen molar-refractivity contribution in [2.45, 2.75) is 6.92 Å². The van der Waals surface area contributed by atoms with E-state index in [4.69, 9.17) is 4.74 Å². The number of anilines is 1. The van der Waals surface area contributed by atoms with Crippen LogP contribution in [-0.4, -0.2) is 44.2 Å². The van der Waals surface area contributed by atoms with Crippen LogP contribution >= 0.6 is 0 Å². The minimum Gasteiger partial charge on any atom is -0.481 e. The van der Waals surface area contributed by atoms with Crippen molar-refractivity contribution in [1.29, 1.82) is 0 Å². The van der Waals surface area contributed by atoms with Crippen LogP contribution in [0.5, 0.6) is 5.88 Å². The van der Waals surface area contributed by atoms with E-state index in [0.717, 1.165) is 6.54 Å². The number of H-pyrrole nitrogens is 1. The summed E-state index contributed by atoms with van der Waals surface area (Å²) in [5.41, 5.74) is 0.552. The summed E-state index contributed by atoms with van der Waals surface area (Å²) < 4.78 is 5.06. The molecule has 0 aliphatic carbocycles. The number of hydrogen-bond donors (Lipinski definition) is 2. The van der Waals surface area contributed by atoms with E-state index in [1.165, 1.54) is 7.11 Å². The van der Waals surface area contributed by atoms with E-state index < -0.39 is 0 Å². The highest BCUT2D eigenvalue weighted by Gasteiger charge is 2.09. The number of nitrogens with one attached hydrogen (secondary N) is 2. The molecule has 2 N–H and O–H groups in total. The number of hydrogen-bond acceptors (Lipinski definition) is 7. The highest BCUT2D eigenvalue weighted by molar-refractivity contribution is 5.52. The fraction of sp³-hybridized carbons (Fsp3) is 0.375. The summed E-state index contributed by atoms with van der Waals surface area (Å²) in [6.07, 6.45) is 0. The Morgan fingerprint density at radius 2 is 2.31 bits per heavy atom. The molecular formula is C8H11N7O. The molecule has 0 bridgehead atoms. The van der Waals surface area contributed by atoms with Crippen molar-refractivity contribution < 1.29 is 4.74 Å². The van der Waals surface area contributed by atoms with Gasteiger partial charge in [-0.3, -0.25) is 0 Å². The predicted octanol–water partition coefficient (Wildman–Crippen LogP) is 0.0971. The second-order valence-electron chi connectivity index (χ2n) is 2.88. The van der Waals surface area contributed by atoms with Gasteiger partial charge in [-0.2, -0.15) is 10.2 Å². The molecule has 8 heteroatoms. The Balaban J connectivity index is 2.41. The SMILES string of the molecule is CCNc1nc(OC)cc(-c2nn[nH]n2)n1. The van der Waals surface area contributed by atoms with Crippen LogP contribution in [0.2, 0.25) is 0 Å². The molecule has 84 valence electrons. The van der Waals surface area contributed by atoms with E-state index in [0.29, 0.717) is 23.3 Å². The fourth-order valence-electron chi connectivity index (χ4n) is 1.15. The first-order valence-corrected chi connectivity index (χ1v) is 4.74. The van der Waals surface area contributed by atoms with Gasteiger partial charge >= 0.3 is 0 Å². The summed E-state index contributed by atoms with van der Waals surface area (Å²) in [6.45, 7) is 2.68. The first-order chi connectivity index (χ1) is 7.83. The molecule has 0 saturated carbocycles. The van der Waals surface area contributed by atoms with E-state index in [9.17, 15) is 0 Å². The van der Waals surface area contributed by atoms with Crippen LogP contribution in [-0.2, 0) is 0 Å². The van der Waals surface area contributed by atoms with Crippen LogP contribution in [0.25, 0.3) is 11.5 Å². The third-order valence-corrected chi connectivity index (χ3v) is 1.82. The van der Waals surface area contributed by atoms with Crippen LogP contribution in [0.1, 0.15) is 6.92 Å². The number of aromatic amines is 1. The zero-order valence-electron chi connectivity index (χ0n) is 8.93. The Bertz CT molecular complexity index is 455. The minimum atomic E-state index is 0.403. The molecule has 0 aliphatic heterocycles. The molecule has 0 aromatic carbocycles. The lowest BCUT2D eigenvalue weighted by molar-refractivity contribution is 0.397. The van der Waals surface area contributed by atoms with E-state index >= 15 is 0 Å². The van der Waals surface area contributed by atoms with Gasteiger partial charge in [0, 0.05) is 12.6 Å². The van der Waals surface area contributed by atoms with E-state index in [1.807, 2.05) is 6.92 Å². The molecule has 0 unspecified atom stereocenters. The fourth-order valence-corrected chi connectivity index (χ4v) is 1.15. The number of nitrogens with zero attached hydrogens (tertiary/aromatic N) is 5. The first kappa shape index (κ1) is 10.3. The Hall–Kier alpha value is -2.25. The molecular weight excluding hydrogens is 210 g/mol. The summed E-state index contributed by atoms with van der Waals surface area (Å²) in [6, 6.07) is 1.64. The standard InChI is InChI=1S/C8H11N7O/c1-3-9-8-10-5(4-6(11-8)16-2)7-12-14-15-13-7/h4H,3H2,1-2H3,(H,9,10,11)(H,12,13,14,15). The van der Waals surface area contributed by atoms with Gasteiger partial charge in [0.15, 0.2) is 0 Å². The molecule has 2 aromatic heterocycles. The Morgan fingerprint density at radius 3 is 2.94 bits per heavy atom. The van der Waals surface area contributed by atoms with Crippen LogP contribution in [0.4, 0.5) is 5.95 Å². The largest absolute Gasteiger partial charge is 0.481 e. The van der Waals surface area contributed by atoms with E-state index in [-0.39, 0.29) is 0 Å². The molecule has 2 rings (SSSR count). The Morgan fingerprint density at radius 1 is 1.44 bits per heavy atom. The molecule has 16 heavy (non-hydrogen) atoms. The minimum absolute atomic E-state index is 0.403. The summed E-state index contributed by atoms with van der Waals surface area (Å²) >= 11 is 0. The highest BCUT2D eigenvalue weighted by Crippen LogP contribution is 2.18. The lowest BCUT2D eigenvalue weighted by Gasteiger charge is -2.05. The molecule has 8 nitrogen and oxygen atoms in total. The maximum atomic E-state index is 5.06. The molecule has 0 saturated heterocycles. The number of tetrazole rings is 1. The van der Waals surface area contributed by atoms with E-state index in [2.05, 4.69) is 35.9 Å². The van der Waals surface area contributed by atoms with Crippen molar-refractivity contribution in [2.75, 3.05) is 19.0 Å². The van der Waals surface area contributed by atoms with Crippen molar-refractivity contribution in [3.63, 3.8) is 0 Å². The molecule has 0 atom stereocenters. The third-order valence-electron chi connectivity index (χ3n) is 1.82. The molecule has 0 radical (unpaired) electrons. The lowest BCUT2D eigenvalue weighted by atomic mass is 10.4. The van der Waals surface area contributed by atoms with Crippen molar-refractivity contribution in [3.8, 4) is 17.4 Å².